The lowest BCUT2D eigenvalue weighted by Crippen LogP contribution is -1.97. The molecule has 0 fully saturated rings. The van der Waals surface area contributed by atoms with Crippen LogP contribution in [-0.4, -0.2) is 4.98 Å². The van der Waals surface area contributed by atoms with Gasteiger partial charge >= 0.3 is 0 Å². The van der Waals surface area contributed by atoms with Crippen LogP contribution in [0.5, 0.6) is 11.6 Å². The largest absolute Gasteiger partial charge is 0.436 e. The molecule has 0 aliphatic heterocycles. The maximum Gasteiger partial charge on any atom is 0.237 e. The van der Waals surface area contributed by atoms with Crippen molar-refractivity contribution in [1.29, 1.82) is 5.26 Å². The first-order chi connectivity index (χ1) is 9.67. The Balaban J connectivity index is 2.02. The van der Waals surface area contributed by atoms with Crippen LogP contribution < -0.4 is 4.74 Å². The van der Waals surface area contributed by atoms with Crippen molar-refractivity contribution >= 4 is 11.6 Å². The number of rotatable bonds is 2. The number of nitrogens with zero attached hydrogens (tertiary/aromatic N) is 2. The van der Waals surface area contributed by atoms with Crippen molar-refractivity contribution < 1.29 is 4.74 Å². The summed E-state index contributed by atoms with van der Waals surface area (Å²) in [5.41, 5.74) is 3.69. The van der Waals surface area contributed by atoms with Gasteiger partial charge in [0.25, 0.3) is 0 Å². The maximum absolute atomic E-state index is 9.25. The first kappa shape index (κ1) is 13.0. The molecule has 1 aliphatic carbocycles. The number of fused-ring (bicyclic) bond motifs is 1. The smallest absolute Gasteiger partial charge is 0.237 e. The number of hydrogen-bond acceptors (Lipinski definition) is 3. The molecule has 4 heteroatoms. The molecule has 3 rings (SSSR count). The minimum atomic E-state index is 0.348. The molecule has 0 bridgehead atoms. The number of benzene rings is 1. The zero-order valence-corrected chi connectivity index (χ0v) is 11.9. The molecule has 0 amide bonds. The summed E-state index contributed by atoms with van der Waals surface area (Å²) >= 11 is 6.12. The fraction of sp³-hybridized carbons (Fsp3) is 0.250. The van der Waals surface area contributed by atoms with Gasteiger partial charge in [-0.3, -0.25) is 0 Å². The van der Waals surface area contributed by atoms with Crippen LogP contribution in [0.15, 0.2) is 24.3 Å². The fourth-order valence-electron chi connectivity index (χ4n) is 2.40. The number of pyridine rings is 1. The van der Waals surface area contributed by atoms with Crippen LogP contribution in [0.25, 0.3) is 0 Å². The van der Waals surface area contributed by atoms with Crippen LogP contribution in [0.1, 0.15) is 28.8 Å². The second-order valence-corrected chi connectivity index (χ2v) is 5.36. The highest BCUT2D eigenvalue weighted by Gasteiger charge is 2.18. The van der Waals surface area contributed by atoms with Crippen LogP contribution in [0.3, 0.4) is 0 Å². The van der Waals surface area contributed by atoms with Crippen molar-refractivity contribution in [1.82, 2.24) is 4.98 Å². The van der Waals surface area contributed by atoms with E-state index in [0.29, 0.717) is 22.2 Å². The number of aromatic nitrogens is 1. The Morgan fingerprint density at radius 3 is 2.95 bits per heavy atom. The molecule has 20 heavy (non-hydrogen) atoms. The Morgan fingerprint density at radius 1 is 1.30 bits per heavy atom. The zero-order valence-electron chi connectivity index (χ0n) is 11.1. The van der Waals surface area contributed by atoms with E-state index in [0.717, 1.165) is 36.1 Å². The molecule has 100 valence electrons. The van der Waals surface area contributed by atoms with Crippen LogP contribution >= 0.6 is 11.6 Å². The summed E-state index contributed by atoms with van der Waals surface area (Å²) in [7, 11) is 0. The molecule has 1 aromatic heterocycles. The van der Waals surface area contributed by atoms with Crippen molar-refractivity contribution in [3.05, 3.63) is 51.7 Å². The number of nitriles is 1. The predicted octanol–water partition coefficient (Wildman–Crippen LogP) is 4.20. The normalized spacial score (nSPS) is 12.8. The highest BCUT2D eigenvalue weighted by atomic mass is 35.5. The Morgan fingerprint density at radius 2 is 2.15 bits per heavy atom. The summed E-state index contributed by atoms with van der Waals surface area (Å²) in [6.45, 7) is 1.96. The third-order valence-corrected chi connectivity index (χ3v) is 3.74. The summed E-state index contributed by atoms with van der Waals surface area (Å²) < 4.78 is 5.77. The van der Waals surface area contributed by atoms with Crippen molar-refractivity contribution in [2.45, 2.75) is 26.2 Å². The monoisotopic (exact) mass is 284 g/mol. The number of hydrogen-bond donors (Lipinski definition) is 0. The van der Waals surface area contributed by atoms with Crippen molar-refractivity contribution in [3.8, 4) is 17.7 Å². The van der Waals surface area contributed by atoms with E-state index < -0.39 is 0 Å². The Labute approximate surface area is 122 Å². The maximum atomic E-state index is 9.25. The Kier molecular flexibility index (Phi) is 3.33. The lowest BCUT2D eigenvalue weighted by Gasteiger charge is -2.10. The van der Waals surface area contributed by atoms with Crippen LogP contribution in [0.2, 0.25) is 5.02 Å². The van der Waals surface area contributed by atoms with E-state index in [4.69, 9.17) is 16.3 Å². The first-order valence-corrected chi connectivity index (χ1v) is 6.92. The molecule has 0 atom stereocenters. The molecule has 1 heterocycles. The molecule has 0 saturated heterocycles. The molecule has 0 radical (unpaired) electrons. The van der Waals surface area contributed by atoms with Crippen molar-refractivity contribution in [3.63, 3.8) is 0 Å². The summed E-state index contributed by atoms with van der Waals surface area (Å²) in [6.07, 6.45) is 3.02. The third-order valence-electron chi connectivity index (χ3n) is 3.43. The molecule has 1 aromatic carbocycles. The molecule has 1 aliphatic rings. The lowest BCUT2D eigenvalue weighted by atomic mass is 10.1. The highest BCUT2D eigenvalue weighted by Crippen LogP contribution is 2.33. The van der Waals surface area contributed by atoms with Gasteiger partial charge in [-0.25, -0.2) is 4.98 Å². The summed E-state index contributed by atoms with van der Waals surface area (Å²) in [5, 5.41) is 9.76. The average molecular weight is 285 g/mol. The summed E-state index contributed by atoms with van der Waals surface area (Å²) in [4.78, 5) is 4.49. The second-order valence-electron chi connectivity index (χ2n) is 4.95. The van der Waals surface area contributed by atoms with E-state index in [9.17, 15) is 5.26 Å². The van der Waals surface area contributed by atoms with E-state index in [-0.39, 0.29) is 0 Å². The predicted molar refractivity (Wildman–Crippen MR) is 77.2 cm³/mol. The van der Waals surface area contributed by atoms with Gasteiger partial charge in [-0.05, 0) is 55.5 Å². The summed E-state index contributed by atoms with van der Waals surface area (Å²) in [6, 6.07) is 9.57. The molecule has 0 N–H and O–H groups in total. The number of halogens is 1. The Bertz CT molecular complexity index is 719. The summed E-state index contributed by atoms with van der Waals surface area (Å²) in [5.74, 6) is 0.884. The second kappa shape index (κ2) is 5.15. The van der Waals surface area contributed by atoms with E-state index in [1.54, 1.807) is 6.07 Å². The van der Waals surface area contributed by atoms with Gasteiger partial charge in [0.05, 0.1) is 5.02 Å². The van der Waals surface area contributed by atoms with E-state index in [1.165, 1.54) is 0 Å². The van der Waals surface area contributed by atoms with Gasteiger partial charge in [0.1, 0.15) is 17.4 Å². The number of aryl methyl sites for hydroxylation is 3. The fourth-order valence-corrected chi connectivity index (χ4v) is 2.56. The van der Waals surface area contributed by atoms with Gasteiger partial charge in [0.2, 0.25) is 5.88 Å². The van der Waals surface area contributed by atoms with Gasteiger partial charge in [0, 0.05) is 5.69 Å². The van der Waals surface area contributed by atoms with E-state index >= 15 is 0 Å². The molecule has 3 nitrogen and oxygen atoms in total. The van der Waals surface area contributed by atoms with Gasteiger partial charge in [-0.1, -0.05) is 17.7 Å². The standard InChI is InChI=1S/C16H13ClN2O/c1-10-5-6-13(17)15(7-10)20-16-12(9-18)8-11-3-2-4-14(11)19-16/h5-8H,2-4H2,1H3. The molecule has 0 unspecified atom stereocenters. The lowest BCUT2D eigenvalue weighted by molar-refractivity contribution is 0.459. The van der Waals surface area contributed by atoms with Gasteiger partial charge in [0.15, 0.2) is 0 Å². The van der Waals surface area contributed by atoms with Crippen LogP contribution in [0.4, 0.5) is 0 Å². The minimum Gasteiger partial charge on any atom is -0.436 e. The SMILES string of the molecule is Cc1ccc(Cl)c(Oc2nc3c(cc2C#N)CCC3)c1. The van der Waals surface area contributed by atoms with Crippen molar-refractivity contribution in [2.24, 2.45) is 0 Å². The molecular weight excluding hydrogens is 272 g/mol. The van der Waals surface area contributed by atoms with Crippen LogP contribution in [0, 0.1) is 18.3 Å². The topological polar surface area (TPSA) is 45.9 Å². The first-order valence-electron chi connectivity index (χ1n) is 6.54. The van der Waals surface area contributed by atoms with Crippen LogP contribution in [-0.2, 0) is 12.8 Å². The van der Waals surface area contributed by atoms with Crippen molar-refractivity contribution in [2.75, 3.05) is 0 Å². The molecule has 0 spiro atoms. The zero-order chi connectivity index (χ0) is 14.1. The van der Waals surface area contributed by atoms with Gasteiger partial charge in [-0.2, -0.15) is 5.26 Å². The van der Waals surface area contributed by atoms with Gasteiger partial charge < -0.3 is 4.74 Å². The molecular formula is C16H13ClN2O. The van der Waals surface area contributed by atoms with E-state index in [2.05, 4.69) is 11.1 Å². The minimum absolute atomic E-state index is 0.348. The quantitative estimate of drug-likeness (QED) is 0.830. The third kappa shape index (κ3) is 2.35. The molecule has 2 aromatic rings. The Hall–Kier alpha value is -2.05. The molecule has 0 saturated carbocycles. The van der Waals surface area contributed by atoms with Gasteiger partial charge in [-0.15, -0.1) is 0 Å². The number of ether oxygens (including phenoxy) is 1. The average Bonchev–Trinajstić information content (AvgIpc) is 2.89. The highest BCUT2D eigenvalue weighted by molar-refractivity contribution is 6.32. The van der Waals surface area contributed by atoms with E-state index in [1.807, 2.05) is 25.1 Å².